The highest BCUT2D eigenvalue weighted by Gasteiger charge is 2.13. The molecule has 0 N–H and O–H groups in total. The maximum Gasteiger partial charge on any atom is 0.278 e. The van der Waals surface area contributed by atoms with E-state index < -0.39 is 9.05 Å². The van der Waals surface area contributed by atoms with Crippen LogP contribution in [-0.4, -0.2) is 20.5 Å². The van der Waals surface area contributed by atoms with Gasteiger partial charge < -0.3 is 4.74 Å². The van der Waals surface area contributed by atoms with Gasteiger partial charge in [0, 0.05) is 10.7 Å². The smallest absolute Gasteiger partial charge is 0.278 e. The van der Waals surface area contributed by atoms with Crippen LogP contribution < -0.4 is 4.74 Å². The summed E-state index contributed by atoms with van der Waals surface area (Å²) in [5.41, 5.74) is 0. The van der Waals surface area contributed by atoms with Crippen molar-refractivity contribution in [3.63, 3.8) is 0 Å². The van der Waals surface area contributed by atoms with Gasteiger partial charge in [-0.05, 0) is 34.7 Å². The molecule has 0 spiro atoms. The van der Waals surface area contributed by atoms with Gasteiger partial charge in [-0.25, -0.2) is 13.4 Å². The van der Waals surface area contributed by atoms with Crippen molar-refractivity contribution < 1.29 is 13.2 Å². The van der Waals surface area contributed by atoms with Crippen molar-refractivity contribution in [2.75, 3.05) is 7.11 Å². The Morgan fingerprint density at radius 3 is 2.54 bits per heavy atom. The van der Waals surface area contributed by atoms with Crippen molar-refractivity contribution in [1.29, 1.82) is 0 Å². The summed E-state index contributed by atoms with van der Waals surface area (Å²) in [5, 5.41) is -0.167. The molecule has 0 aliphatic carbocycles. The summed E-state index contributed by atoms with van der Waals surface area (Å²) in [5.74, 6) is 0.518. The molecule has 0 saturated carbocycles. The number of hydrogen-bond donors (Lipinski definition) is 0. The van der Waals surface area contributed by atoms with E-state index in [1.54, 1.807) is 0 Å². The van der Waals surface area contributed by atoms with Gasteiger partial charge in [-0.2, -0.15) is 0 Å². The van der Waals surface area contributed by atoms with E-state index in [2.05, 4.69) is 4.98 Å². The quantitative estimate of drug-likeness (QED) is 0.469. The maximum absolute atomic E-state index is 10.8. The Balaban J connectivity index is 3.26. The van der Waals surface area contributed by atoms with Crippen LogP contribution >= 0.6 is 33.3 Å². The Morgan fingerprint density at radius 1 is 1.54 bits per heavy atom. The van der Waals surface area contributed by atoms with Gasteiger partial charge in [0.2, 0.25) is 0 Å². The molecule has 72 valence electrons. The molecule has 0 unspecified atom stereocenters. The summed E-state index contributed by atoms with van der Waals surface area (Å²) in [6.07, 6.45) is 0. The van der Waals surface area contributed by atoms with E-state index in [1.165, 1.54) is 19.2 Å². The van der Waals surface area contributed by atoms with Crippen LogP contribution in [0.25, 0.3) is 0 Å². The van der Waals surface area contributed by atoms with Gasteiger partial charge in [0.05, 0.1) is 7.11 Å². The van der Waals surface area contributed by atoms with Crippen LogP contribution in [0, 0.1) is 3.70 Å². The van der Waals surface area contributed by atoms with E-state index in [1.807, 2.05) is 22.6 Å². The molecule has 1 rings (SSSR count). The lowest BCUT2D eigenvalue weighted by molar-refractivity contribution is 0.408. The molecule has 0 aliphatic rings. The zero-order chi connectivity index (χ0) is 10.1. The van der Waals surface area contributed by atoms with Crippen LogP contribution in [0.4, 0.5) is 0 Å². The molecule has 0 saturated heterocycles. The van der Waals surface area contributed by atoms with Crippen LogP contribution in [0.1, 0.15) is 0 Å². The van der Waals surface area contributed by atoms with E-state index >= 15 is 0 Å². The SMILES string of the molecule is COc1ccc(S(=O)(=O)Cl)nc1I. The summed E-state index contributed by atoms with van der Waals surface area (Å²) in [7, 11) is 2.82. The zero-order valence-corrected chi connectivity index (χ0v) is 10.2. The molecule has 0 aromatic carbocycles. The zero-order valence-electron chi connectivity index (χ0n) is 6.49. The number of aromatic nitrogens is 1. The molecule has 7 heteroatoms. The summed E-state index contributed by atoms with van der Waals surface area (Å²) in [4.78, 5) is 3.76. The number of halogens is 2. The van der Waals surface area contributed by atoms with Crippen molar-refractivity contribution in [1.82, 2.24) is 4.98 Å². The van der Waals surface area contributed by atoms with Gasteiger partial charge in [0.1, 0.15) is 3.70 Å². The van der Waals surface area contributed by atoms with Crippen molar-refractivity contribution >= 4 is 42.3 Å². The van der Waals surface area contributed by atoms with Crippen LogP contribution in [0.3, 0.4) is 0 Å². The minimum atomic E-state index is -3.75. The number of hydrogen-bond acceptors (Lipinski definition) is 4. The average molecular weight is 334 g/mol. The largest absolute Gasteiger partial charge is 0.494 e. The van der Waals surface area contributed by atoms with E-state index in [-0.39, 0.29) is 5.03 Å². The van der Waals surface area contributed by atoms with E-state index in [0.29, 0.717) is 9.45 Å². The third-order valence-electron chi connectivity index (χ3n) is 1.26. The molecule has 0 bridgehead atoms. The minimum Gasteiger partial charge on any atom is -0.494 e. The first-order valence-electron chi connectivity index (χ1n) is 3.10. The van der Waals surface area contributed by atoms with Gasteiger partial charge in [0.25, 0.3) is 9.05 Å². The Hall–Kier alpha value is -0.0800. The molecule has 1 aromatic heterocycles. The molecular weight excluding hydrogens is 328 g/mol. The highest BCUT2D eigenvalue weighted by Crippen LogP contribution is 2.21. The maximum atomic E-state index is 10.8. The second kappa shape index (κ2) is 3.97. The Bertz CT molecular complexity index is 420. The first kappa shape index (κ1) is 11.0. The second-order valence-corrected chi connectivity index (χ2v) is 5.62. The Morgan fingerprint density at radius 2 is 2.15 bits per heavy atom. The van der Waals surface area contributed by atoms with E-state index in [4.69, 9.17) is 15.4 Å². The number of methoxy groups -OCH3 is 1. The lowest BCUT2D eigenvalue weighted by Crippen LogP contribution is -1.98. The van der Waals surface area contributed by atoms with Crippen LogP contribution in [0.15, 0.2) is 17.2 Å². The number of ether oxygens (including phenoxy) is 1. The fraction of sp³-hybridized carbons (Fsp3) is 0.167. The highest BCUT2D eigenvalue weighted by atomic mass is 127. The lowest BCUT2D eigenvalue weighted by Gasteiger charge is -2.02. The van der Waals surface area contributed by atoms with Crippen LogP contribution in [-0.2, 0) is 9.05 Å². The fourth-order valence-electron chi connectivity index (χ4n) is 0.693. The summed E-state index contributed by atoms with van der Waals surface area (Å²) in [6.45, 7) is 0. The third-order valence-corrected chi connectivity index (χ3v) is 3.23. The van der Waals surface area contributed by atoms with Gasteiger partial charge in [-0.3, -0.25) is 0 Å². The summed E-state index contributed by atoms with van der Waals surface area (Å²) < 4.78 is 27.1. The lowest BCUT2D eigenvalue weighted by atomic mass is 10.5. The van der Waals surface area contributed by atoms with Gasteiger partial charge >= 0.3 is 0 Å². The summed E-state index contributed by atoms with van der Waals surface area (Å²) >= 11 is 1.87. The first-order valence-corrected chi connectivity index (χ1v) is 6.49. The fourth-order valence-corrected chi connectivity index (χ4v) is 2.21. The monoisotopic (exact) mass is 333 g/mol. The molecule has 0 radical (unpaired) electrons. The minimum absolute atomic E-state index is 0.167. The Kier molecular flexibility index (Phi) is 3.36. The van der Waals surface area contributed by atoms with Gasteiger partial charge in [-0.15, -0.1) is 0 Å². The standard InChI is InChI=1S/C6H5ClINO3S/c1-12-4-2-3-5(9-6(4)8)13(7,10)11/h2-3H,1H3. The van der Waals surface area contributed by atoms with E-state index in [9.17, 15) is 8.42 Å². The van der Waals surface area contributed by atoms with Crippen LogP contribution in [0.5, 0.6) is 5.75 Å². The van der Waals surface area contributed by atoms with Crippen molar-refractivity contribution in [2.24, 2.45) is 0 Å². The van der Waals surface area contributed by atoms with Gasteiger partial charge in [0.15, 0.2) is 10.8 Å². The normalized spacial score (nSPS) is 11.3. The van der Waals surface area contributed by atoms with Crippen molar-refractivity contribution in [3.8, 4) is 5.75 Å². The first-order chi connectivity index (χ1) is 5.95. The van der Waals surface area contributed by atoms with Crippen molar-refractivity contribution in [3.05, 3.63) is 15.8 Å². The predicted molar refractivity (Wildman–Crippen MR) is 56.5 cm³/mol. The molecule has 13 heavy (non-hydrogen) atoms. The van der Waals surface area contributed by atoms with Crippen molar-refractivity contribution in [2.45, 2.75) is 5.03 Å². The molecule has 0 atom stereocenters. The molecule has 1 heterocycles. The molecule has 0 aliphatic heterocycles. The molecule has 0 amide bonds. The Labute approximate surface area is 93.8 Å². The molecule has 4 nitrogen and oxygen atoms in total. The number of rotatable bonds is 2. The highest BCUT2D eigenvalue weighted by molar-refractivity contribution is 14.1. The average Bonchev–Trinajstić information content (AvgIpc) is 2.02. The predicted octanol–water partition coefficient (Wildman–Crippen LogP) is 1.62. The topological polar surface area (TPSA) is 56.3 Å². The molecular formula is C6H5ClINO3S. The third kappa shape index (κ3) is 2.68. The number of nitrogens with zero attached hydrogens (tertiary/aromatic N) is 1. The summed E-state index contributed by atoms with van der Waals surface area (Å²) in [6, 6.07) is 2.80. The number of pyridine rings is 1. The molecule has 0 fully saturated rings. The van der Waals surface area contributed by atoms with Crippen LogP contribution in [0.2, 0.25) is 0 Å². The second-order valence-electron chi connectivity index (χ2n) is 2.08. The van der Waals surface area contributed by atoms with Gasteiger partial charge in [-0.1, -0.05) is 0 Å². The molecule has 1 aromatic rings. The van der Waals surface area contributed by atoms with E-state index in [0.717, 1.165) is 0 Å².